The van der Waals surface area contributed by atoms with Gasteiger partial charge in [0.2, 0.25) is 0 Å². The van der Waals surface area contributed by atoms with Crippen LogP contribution in [0.4, 0.5) is 0 Å². The smallest absolute Gasteiger partial charge is 0.251 e. The maximum absolute atomic E-state index is 12.1. The van der Waals surface area contributed by atoms with Crippen LogP contribution in [-0.4, -0.2) is 18.6 Å². The second-order valence-corrected chi connectivity index (χ2v) is 4.99. The van der Waals surface area contributed by atoms with Crippen molar-refractivity contribution in [3.63, 3.8) is 0 Å². The van der Waals surface area contributed by atoms with E-state index in [1.165, 1.54) is 0 Å². The molecule has 2 aromatic rings. The van der Waals surface area contributed by atoms with E-state index in [0.717, 1.165) is 22.4 Å². The third-order valence-electron chi connectivity index (χ3n) is 3.93. The largest absolute Gasteiger partial charge is 0.491 e. The van der Waals surface area contributed by atoms with E-state index in [4.69, 9.17) is 4.74 Å². The number of carbonyl (C=O) groups is 1. The molecule has 94 valence electrons. The van der Waals surface area contributed by atoms with Gasteiger partial charge in [0.05, 0.1) is 6.04 Å². The van der Waals surface area contributed by atoms with Crippen molar-refractivity contribution >= 4 is 5.91 Å². The summed E-state index contributed by atoms with van der Waals surface area (Å²) in [7, 11) is 0. The van der Waals surface area contributed by atoms with Crippen molar-refractivity contribution in [2.24, 2.45) is 0 Å². The first kappa shape index (κ1) is 10.6. The number of nitrogens with one attached hydrogen (secondary N) is 1. The van der Waals surface area contributed by atoms with Gasteiger partial charge in [0.15, 0.2) is 0 Å². The molecule has 19 heavy (non-hydrogen) atoms. The van der Waals surface area contributed by atoms with Gasteiger partial charge in [-0.2, -0.15) is 0 Å². The molecule has 3 heteroatoms. The Labute approximate surface area is 111 Å². The molecule has 0 spiro atoms. The zero-order valence-corrected chi connectivity index (χ0v) is 10.3. The molecule has 1 amide bonds. The number of hydrogen-bond donors (Lipinski definition) is 1. The minimum absolute atomic E-state index is 0.000156. The van der Waals surface area contributed by atoms with E-state index in [1.807, 2.05) is 42.5 Å². The maximum Gasteiger partial charge on any atom is 0.251 e. The number of fused-ring (bicyclic) bond motifs is 5. The van der Waals surface area contributed by atoms with Crippen LogP contribution in [0, 0.1) is 0 Å². The summed E-state index contributed by atoms with van der Waals surface area (Å²) >= 11 is 0. The lowest BCUT2D eigenvalue weighted by atomic mass is 9.78. The van der Waals surface area contributed by atoms with E-state index < -0.39 is 0 Å². The van der Waals surface area contributed by atoms with Gasteiger partial charge in [-0.15, -0.1) is 0 Å². The molecule has 0 saturated carbocycles. The normalized spacial score (nSPS) is 23.5. The Morgan fingerprint density at radius 2 is 1.74 bits per heavy atom. The van der Waals surface area contributed by atoms with Crippen molar-refractivity contribution < 1.29 is 9.53 Å². The predicted octanol–water partition coefficient (Wildman–Crippen LogP) is 2.32. The number of hydrogen-bond acceptors (Lipinski definition) is 2. The first-order valence-electron chi connectivity index (χ1n) is 6.46. The third-order valence-corrected chi connectivity index (χ3v) is 3.93. The quantitative estimate of drug-likeness (QED) is 0.780. The van der Waals surface area contributed by atoms with Crippen molar-refractivity contribution in [1.82, 2.24) is 5.32 Å². The molecule has 2 aliphatic rings. The average Bonchev–Trinajstić information content (AvgIpc) is 2.47. The van der Waals surface area contributed by atoms with Gasteiger partial charge in [0.1, 0.15) is 12.4 Å². The highest BCUT2D eigenvalue weighted by Gasteiger charge is 2.38. The van der Waals surface area contributed by atoms with Gasteiger partial charge in [-0.1, -0.05) is 36.4 Å². The molecule has 0 saturated heterocycles. The Morgan fingerprint density at radius 1 is 1.00 bits per heavy atom. The van der Waals surface area contributed by atoms with Gasteiger partial charge < -0.3 is 10.1 Å². The number of amides is 1. The van der Waals surface area contributed by atoms with Crippen molar-refractivity contribution in [2.75, 3.05) is 6.61 Å². The van der Waals surface area contributed by atoms with Crippen LogP contribution in [0.25, 0.3) is 0 Å². The SMILES string of the molecule is O=C1N[C@@H]2COc3ccccc3[C@@H]2c2ccccc21. The fourth-order valence-electron chi connectivity index (χ4n) is 3.09. The lowest BCUT2D eigenvalue weighted by Crippen LogP contribution is -2.49. The fourth-order valence-corrected chi connectivity index (χ4v) is 3.09. The molecule has 0 aliphatic carbocycles. The van der Waals surface area contributed by atoms with Crippen LogP contribution in [-0.2, 0) is 0 Å². The summed E-state index contributed by atoms with van der Waals surface area (Å²) in [5.74, 6) is 1.12. The Balaban J connectivity index is 1.95. The molecule has 2 atom stereocenters. The Bertz CT molecular complexity index is 665. The van der Waals surface area contributed by atoms with Crippen LogP contribution < -0.4 is 10.1 Å². The topological polar surface area (TPSA) is 38.3 Å². The summed E-state index contributed by atoms with van der Waals surface area (Å²) in [5.41, 5.74) is 3.04. The highest BCUT2D eigenvalue weighted by atomic mass is 16.5. The second-order valence-electron chi connectivity index (χ2n) is 4.99. The van der Waals surface area contributed by atoms with E-state index in [2.05, 4.69) is 11.4 Å². The molecule has 0 aromatic heterocycles. The van der Waals surface area contributed by atoms with E-state index in [0.29, 0.717) is 6.61 Å². The molecule has 1 N–H and O–H groups in total. The van der Waals surface area contributed by atoms with Gasteiger partial charge in [-0.3, -0.25) is 4.79 Å². The lowest BCUT2D eigenvalue weighted by Gasteiger charge is -2.38. The number of rotatable bonds is 0. The second kappa shape index (κ2) is 3.85. The zero-order valence-electron chi connectivity index (χ0n) is 10.3. The molecule has 0 bridgehead atoms. The number of benzene rings is 2. The van der Waals surface area contributed by atoms with Gasteiger partial charge in [0, 0.05) is 17.0 Å². The minimum Gasteiger partial charge on any atom is -0.491 e. The highest BCUT2D eigenvalue weighted by molar-refractivity contribution is 5.97. The molecular formula is C16H13NO2. The van der Waals surface area contributed by atoms with Crippen LogP contribution in [0.2, 0.25) is 0 Å². The molecule has 4 rings (SSSR count). The Kier molecular flexibility index (Phi) is 2.15. The van der Waals surface area contributed by atoms with E-state index in [1.54, 1.807) is 0 Å². The molecule has 0 fully saturated rings. The van der Waals surface area contributed by atoms with Gasteiger partial charge in [-0.25, -0.2) is 0 Å². The van der Waals surface area contributed by atoms with Gasteiger partial charge in [-0.05, 0) is 17.7 Å². The van der Waals surface area contributed by atoms with Crippen LogP contribution in [0.1, 0.15) is 27.4 Å². The van der Waals surface area contributed by atoms with Crippen molar-refractivity contribution in [1.29, 1.82) is 0 Å². The van der Waals surface area contributed by atoms with E-state index in [9.17, 15) is 4.79 Å². The number of para-hydroxylation sites is 1. The molecule has 2 heterocycles. The molecule has 0 unspecified atom stereocenters. The van der Waals surface area contributed by atoms with Crippen LogP contribution in [0.3, 0.4) is 0 Å². The van der Waals surface area contributed by atoms with Crippen molar-refractivity contribution in [2.45, 2.75) is 12.0 Å². The summed E-state index contributed by atoms with van der Waals surface area (Å²) in [4.78, 5) is 12.1. The van der Waals surface area contributed by atoms with Crippen molar-refractivity contribution in [3.05, 3.63) is 65.2 Å². The van der Waals surface area contributed by atoms with Gasteiger partial charge in [0.25, 0.3) is 5.91 Å². The average molecular weight is 251 g/mol. The maximum atomic E-state index is 12.1. The Morgan fingerprint density at radius 3 is 2.63 bits per heavy atom. The predicted molar refractivity (Wildman–Crippen MR) is 71.5 cm³/mol. The monoisotopic (exact) mass is 251 g/mol. The Hall–Kier alpha value is -2.29. The summed E-state index contributed by atoms with van der Waals surface area (Å²) < 4.78 is 5.74. The van der Waals surface area contributed by atoms with E-state index >= 15 is 0 Å². The number of ether oxygens (including phenoxy) is 1. The zero-order chi connectivity index (χ0) is 12.8. The highest BCUT2D eigenvalue weighted by Crippen LogP contribution is 2.41. The van der Waals surface area contributed by atoms with Crippen molar-refractivity contribution in [3.8, 4) is 5.75 Å². The first-order valence-corrected chi connectivity index (χ1v) is 6.46. The van der Waals surface area contributed by atoms with E-state index in [-0.39, 0.29) is 17.9 Å². The van der Waals surface area contributed by atoms with Crippen LogP contribution in [0.15, 0.2) is 48.5 Å². The molecule has 0 radical (unpaired) electrons. The molecular weight excluding hydrogens is 238 g/mol. The summed E-state index contributed by atoms with van der Waals surface area (Å²) in [6.45, 7) is 0.530. The summed E-state index contributed by atoms with van der Waals surface area (Å²) in [5, 5.41) is 3.05. The fraction of sp³-hybridized carbons (Fsp3) is 0.188. The summed E-state index contributed by atoms with van der Waals surface area (Å²) in [6.07, 6.45) is 0. The third kappa shape index (κ3) is 1.48. The standard InChI is InChI=1S/C16H13NO2/c18-16-11-6-2-1-5-10(11)15-12-7-3-4-8-14(12)19-9-13(15)17-16/h1-8,13,15H,9H2,(H,17,18)/t13-,15+/m1/s1. The summed E-state index contributed by atoms with van der Waals surface area (Å²) in [6, 6.07) is 15.9. The first-order chi connectivity index (χ1) is 9.34. The minimum atomic E-state index is -0.000156. The van der Waals surface area contributed by atoms with Crippen LogP contribution >= 0.6 is 0 Å². The van der Waals surface area contributed by atoms with Crippen LogP contribution in [0.5, 0.6) is 5.75 Å². The molecule has 3 nitrogen and oxygen atoms in total. The number of carbonyl (C=O) groups excluding carboxylic acids is 1. The molecule has 2 aliphatic heterocycles. The lowest BCUT2D eigenvalue weighted by molar-refractivity contribution is 0.0887. The van der Waals surface area contributed by atoms with Gasteiger partial charge >= 0.3 is 0 Å². The molecule has 2 aromatic carbocycles.